The van der Waals surface area contributed by atoms with Crippen molar-refractivity contribution in [2.75, 3.05) is 10.4 Å². The molecule has 0 radical (unpaired) electrons. The molecule has 2 aromatic rings. The SMILES string of the molecule is Cc1nnc(NN2c3ccc(C4CC4N)cc32)s1. The first-order valence-electron chi connectivity index (χ1n) is 5.99. The number of hydrazine groups is 1. The minimum absolute atomic E-state index is 0.356. The van der Waals surface area contributed by atoms with Crippen LogP contribution < -0.4 is 16.2 Å². The number of fused-ring (bicyclic) bond motifs is 1. The van der Waals surface area contributed by atoms with Gasteiger partial charge in [-0.2, -0.15) is 0 Å². The molecule has 3 N–H and O–H groups in total. The Morgan fingerprint density at radius 2 is 2.22 bits per heavy atom. The van der Waals surface area contributed by atoms with Crippen LogP contribution in [0.5, 0.6) is 0 Å². The van der Waals surface area contributed by atoms with E-state index in [1.807, 2.05) is 11.9 Å². The van der Waals surface area contributed by atoms with Crippen LogP contribution in [0, 0.1) is 6.92 Å². The Labute approximate surface area is 109 Å². The van der Waals surface area contributed by atoms with Gasteiger partial charge in [0.2, 0.25) is 5.13 Å². The van der Waals surface area contributed by atoms with Gasteiger partial charge < -0.3 is 5.73 Å². The third-order valence-electron chi connectivity index (χ3n) is 3.43. The Kier molecular flexibility index (Phi) is 1.96. The van der Waals surface area contributed by atoms with Crippen molar-refractivity contribution in [1.29, 1.82) is 0 Å². The number of nitrogens with two attached hydrogens (primary N) is 1. The van der Waals surface area contributed by atoms with Crippen molar-refractivity contribution in [2.45, 2.75) is 25.3 Å². The molecular formula is C12H13N5S. The van der Waals surface area contributed by atoms with Crippen molar-refractivity contribution in [2.24, 2.45) is 5.73 Å². The first-order chi connectivity index (χ1) is 8.72. The van der Waals surface area contributed by atoms with Crippen molar-refractivity contribution < 1.29 is 0 Å². The lowest BCUT2D eigenvalue weighted by molar-refractivity contribution is 0.992. The highest BCUT2D eigenvalue weighted by Gasteiger charge is 2.38. The molecule has 2 heterocycles. The number of hydrogen-bond donors (Lipinski definition) is 2. The second-order valence-corrected chi connectivity index (χ2v) is 6.01. The summed E-state index contributed by atoms with van der Waals surface area (Å²) < 4.78 is 0. The van der Waals surface area contributed by atoms with Gasteiger partial charge in [-0.05, 0) is 31.0 Å². The van der Waals surface area contributed by atoms with Crippen LogP contribution >= 0.6 is 11.3 Å². The molecule has 2 atom stereocenters. The molecule has 1 aliphatic heterocycles. The molecule has 0 saturated heterocycles. The van der Waals surface area contributed by atoms with Crippen LogP contribution in [-0.2, 0) is 0 Å². The van der Waals surface area contributed by atoms with Gasteiger partial charge in [-0.15, -0.1) is 10.2 Å². The fraction of sp³-hybridized carbons (Fsp3) is 0.333. The van der Waals surface area contributed by atoms with E-state index in [1.54, 1.807) is 11.3 Å². The highest BCUT2D eigenvalue weighted by Crippen LogP contribution is 2.51. The summed E-state index contributed by atoms with van der Waals surface area (Å²) in [5.41, 5.74) is 12.9. The number of hydrogen-bond acceptors (Lipinski definition) is 6. The maximum atomic E-state index is 5.88. The molecule has 1 aromatic carbocycles. The number of benzene rings is 1. The number of aromatic nitrogens is 2. The van der Waals surface area contributed by atoms with E-state index in [9.17, 15) is 0 Å². The van der Waals surface area contributed by atoms with E-state index in [4.69, 9.17) is 5.73 Å². The number of rotatable bonds is 3. The smallest absolute Gasteiger partial charge is 0.224 e. The molecule has 6 heteroatoms. The van der Waals surface area contributed by atoms with Crippen LogP contribution in [0.15, 0.2) is 18.2 Å². The highest BCUT2D eigenvalue weighted by atomic mass is 32.1. The quantitative estimate of drug-likeness (QED) is 0.827. The van der Waals surface area contributed by atoms with E-state index in [0.29, 0.717) is 12.0 Å². The first kappa shape index (κ1) is 10.3. The van der Waals surface area contributed by atoms with Crippen LogP contribution in [0.1, 0.15) is 22.9 Å². The Hall–Kier alpha value is -1.66. The Morgan fingerprint density at radius 3 is 2.89 bits per heavy atom. The zero-order valence-corrected chi connectivity index (χ0v) is 10.7. The Balaban J connectivity index is 1.52. The molecule has 0 bridgehead atoms. The molecule has 2 unspecified atom stereocenters. The summed E-state index contributed by atoms with van der Waals surface area (Å²) >= 11 is 1.55. The molecule has 18 heavy (non-hydrogen) atoms. The zero-order chi connectivity index (χ0) is 12.3. The maximum Gasteiger partial charge on any atom is 0.224 e. The summed E-state index contributed by atoms with van der Waals surface area (Å²) in [6, 6.07) is 6.88. The van der Waals surface area contributed by atoms with E-state index in [-0.39, 0.29) is 0 Å². The number of nitrogens with one attached hydrogen (secondary N) is 1. The normalized spacial score (nSPS) is 23.8. The topological polar surface area (TPSA) is 66.8 Å². The minimum Gasteiger partial charge on any atom is -0.327 e. The zero-order valence-electron chi connectivity index (χ0n) is 9.92. The summed E-state index contributed by atoms with van der Waals surface area (Å²) in [5.74, 6) is 0.557. The molecule has 1 aromatic heterocycles. The molecule has 0 amide bonds. The summed E-state index contributed by atoms with van der Waals surface area (Å²) in [6.45, 7) is 1.95. The molecule has 92 valence electrons. The second-order valence-electron chi connectivity index (χ2n) is 4.83. The monoisotopic (exact) mass is 259 g/mol. The summed E-state index contributed by atoms with van der Waals surface area (Å²) in [7, 11) is 0. The van der Waals surface area contributed by atoms with Crippen LogP contribution in [0.4, 0.5) is 16.5 Å². The summed E-state index contributed by atoms with van der Waals surface area (Å²) in [5, 5.41) is 11.9. The molecule has 1 aliphatic carbocycles. The third-order valence-corrected chi connectivity index (χ3v) is 4.18. The fourth-order valence-corrected chi connectivity index (χ4v) is 2.84. The van der Waals surface area contributed by atoms with E-state index in [1.165, 1.54) is 16.9 Å². The molecule has 2 aliphatic rings. The van der Waals surface area contributed by atoms with Gasteiger partial charge in [0.05, 0.1) is 11.4 Å². The third kappa shape index (κ3) is 1.57. The average molecular weight is 259 g/mol. The van der Waals surface area contributed by atoms with Gasteiger partial charge in [0.25, 0.3) is 0 Å². The summed E-state index contributed by atoms with van der Waals surface area (Å²) in [6.07, 6.45) is 1.11. The Morgan fingerprint density at radius 1 is 1.39 bits per heavy atom. The molecule has 1 saturated carbocycles. The van der Waals surface area contributed by atoms with Gasteiger partial charge in [-0.25, -0.2) is 5.01 Å². The number of anilines is 3. The lowest BCUT2D eigenvalue weighted by atomic mass is 10.1. The van der Waals surface area contributed by atoms with Gasteiger partial charge in [0, 0.05) is 12.0 Å². The average Bonchev–Trinajstić information content (AvgIpc) is 3.19. The Bertz CT molecular complexity index is 623. The molecular weight excluding hydrogens is 246 g/mol. The molecule has 0 spiro atoms. The van der Waals surface area contributed by atoms with Gasteiger partial charge in [-0.1, -0.05) is 17.4 Å². The fourth-order valence-electron chi connectivity index (χ4n) is 2.26. The van der Waals surface area contributed by atoms with Gasteiger partial charge in [-0.3, -0.25) is 5.43 Å². The van der Waals surface area contributed by atoms with E-state index >= 15 is 0 Å². The van der Waals surface area contributed by atoms with Gasteiger partial charge in [0.1, 0.15) is 5.01 Å². The number of nitrogens with zero attached hydrogens (tertiary/aromatic N) is 3. The second kappa shape index (κ2) is 3.43. The molecule has 1 fully saturated rings. The lowest BCUT2D eigenvalue weighted by Gasteiger charge is -2.01. The van der Waals surface area contributed by atoms with Crippen LogP contribution in [-0.4, -0.2) is 16.2 Å². The lowest BCUT2D eigenvalue weighted by Crippen LogP contribution is -2.09. The predicted molar refractivity (Wildman–Crippen MR) is 72.2 cm³/mol. The highest BCUT2D eigenvalue weighted by molar-refractivity contribution is 7.15. The van der Waals surface area contributed by atoms with Crippen molar-refractivity contribution >= 4 is 27.8 Å². The van der Waals surface area contributed by atoms with Crippen molar-refractivity contribution in [3.05, 3.63) is 28.8 Å². The molecule has 5 nitrogen and oxygen atoms in total. The van der Waals surface area contributed by atoms with Gasteiger partial charge in [0.15, 0.2) is 0 Å². The van der Waals surface area contributed by atoms with Crippen LogP contribution in [0.3, 0.4) is 0 Å². The minimum atomic E-state index is 0.356. The number of aryl methyl sites for hydroxylation is 1. The van der Waals surface area contributed by atoms with E-state index < -0.39 is 0 Å². The van der Waals surface area contributed by atoms with Crippen molar-refractivity contribution in [1.82, 2.24) is 10.2 Å². The van der Waals surface area contributed by atoms with Crippen molar-refractivity contribution in [3.8, 4) is 0 Å². The first-order valence-corrected chi connectivity index (χ1v) is 6.80. The molecule has 4 rings (SSSR count). The van der Waals surface area contributed by atoms with Gasteiger partial charge >= 0.3 is 0 Å². The van der Waals surface area contributed by atoms with E-state index in [2.05, 4.69) is 33.8 Å². The maximum absolute atomic E-state index is 5.88. The van der Waals surface area contributed by atoms with E-state index in [0.717, 1.165) is 16.6 Å². The van der Waals surface area contributed by atoms with Crippen LogP contribution in [0.2, 0.25) is 0 Å². The largest absolute Gasteiger partial charge is 0.327 e. The standard InChI is InChI=1S/C12H13N5S/c1-6-14-15-12(18-6)16-17-10-3-2-7(4-11(10)17)8-5-9(8)13/h2-4,8-9H,5,13H2,1H3,(H,15,16). The summed E-state index contributed by atoms with van der Waals surface area (Å²) in [4.78, 5) is 0. The van der Waals surface area contributed by atoms with Crippen LogP contribution in [0.25, 0.3) is 0 Å². The predicted octanol–water partition coefficient (Wildman–Crippen LogP) is 2.14. The van der Waals surface area contributed by atoms with Crippen molar-refractivity contribution in [3.63, 3.8) is 0 Å².